The SMILES string of the molecule is C.O=[P+]([O-])[O-].O=[P+]([O-])[O-].O=[P+]([O-])[O-].O=[P+]([O-])[O-].[Hf+4].[Hf+4]. The van der Waals surface area contributed by atoms with Crippen LogP contribution >= 0.6 is 33.0 Å². The molecule has 0 radical (unpaired) electrons. The maximum atomic E-state index is 8.48. The molecular formula is CH4Hf2O12P4+4. The molecule has 0 spiro atoms. The first-order valence-corrected chi connectivity index (χ1v) is 6.57. The van der Waals surface area contributed by atoms with Gasteiger partial charge < -0.3 is 39.1 Å². The second kappa shape index (κ2) is 36.8. The van der Waals surface area contributed by atoms with Crippen LogP contribution in [0.1, 0.15) is 7.43 Å². The molecule has 0 atom stereocenters. The smallest absolute Gasteiger partial charge is 0.598 e. The van der Waals surface area contributed by atoms with Gasteiger partial charge in [0.1, 0.15) is 0 Å². The maximum absolute atomic E-state index is 8.48. The van der Waals surface area contributed by atoms with Gasteiger partial charge in [0.05, 0.1) is 0 Å². The van der Waals surface area contributed by atoms with Crippen molar-refractivity contribution >= 4 is 33.0 Å². The Morgan fingerprint density at radius 1 is 0.421 bits per heavy atom. The molecule has 0 aliphatic carbocycles. The van der Waals surface area contributed by atoms with E-state index >= 15 is 0 Å². The Labute approximate surface area is 148 Å². The van der Waals surface area contributed by atoms with E-state index < -0.39 is 33.0 Å². The predicted molar refractivity (Wildman–Crippen MR) is 37.2 cm³/mol. The first kappa shape index (κ1) is 42.8. The number of hydrogen-bond donors (Lipinski definition) is 0. The van der Waals surface area contributed by atoms with Crippen LogP contribution in [0.5, 0.6) is 0 Å². The molecule has 0 saturated carbocycles. The van der Waals surface area contributed by atoms with Crippen LogP contribution in [0, 0.1) is 0 Å². The van der Waals surface area contributed by atoms with Crippen LogP contribution in [0.15, 0.2) is 0 Å². The summed E-state index contributed by atoms with van der Waals surface area (Å²) in [5.41, 5.74) is 0. The zero-order chi connectivity index (χ0) is 14.3. The molecule has 12 nitrogen and oxygen atoms in total. The van der Waals surface area contributed by atoms with E-state index in [1.165, 1.54) is 0 Å². The third-order valence-corrected chi connectivity index (χ3v) is 0. The average Bonchev–Trinajstić information content (AvgIpc) is 1.76. The minimum Gasteiger partial charge on any atom is -0.598 e. The van der Waals surface area contributed by atoms with E-state index in [1.54, 1.807) is 0 Å². The molecule has 0 aliphatic rings. The van der Waals surface area contributed by atoms with Crippen molar-refractivity contribution in [2.24, 2.45) is 0 Å². The van der Waals surface area contributed by atoms with E-state index in [1.807, 2.05) is 0 Å². The van der Waals surface area contributed by atoms with E-state index in [4.69, 9.17) is 57.4 Å². The van der Waals surface area contributed by atoms with Gasteiger partial charge >= 0.3 is 51.7 Å². The van der Waals surface area contributed by atoms with Gasteiger partial charge in [-0.25, -0.2) is 0 Å². The van der Waals surface area contributed by atoms with Crippen molar-refractivity contribution in [1.82, 2.24) is 0 Å². The van der Waals surface area contributed by atoms with Gasteiger partial charge in [0.25, 0.3) is 33.0 Å². The molecule has 0 N–H and O–H groups in total. The molecule has 0 fully saturated rings. The first-order valence-electron chi connectivity index (χ1n) is 2.19. The second-order valence-electron chi connectivity index (χ2n) is 0.894. The van der Waals surface area contributed by atoms with Crippen molar-refractivity contribution in [1.29, 1.82) is 0 Å². The van der Waals surface area contributed by atoms with Gasteiger partial charge in [0.2, 0.25) is 0 Å². The van der Waals surface area contributed by atoms with Crippen molar-refractivity contribution in [2.45, 2.75) is 7.43 Å². The zero-order valence-electron chi connectivity index (χ0n) is 7.69. The van der Waals surface area contributed by atoms with E-state index in [0.717, 1.165) is 0 Å². The molecule has 18 heteroatoms. The molecule has 0 aromatic carbocycles. The minimum absolute atomic E-state index is 0. The predicted octanol–water partition coefficient (Wildman–Crippen LogP) is -5.91. The fourth-order valence-corrected chi connectivity index (χ4v) is 0. The summed E-state index contributed by atoms with van der Waals surface area (Å²) >= 11 is 0. The van der Waals surface area contributed by atoms with Crippen molar-refractivity contribution < 1.29 is 109 Å². The van der Waals surface area contributed by atoms with E-state index in [9.17, 15) is 0 Å². The summed E-state index contributed by atoms with van der Waals surface area (Å²) < 4.78 is 33.9. The first-order chi connectivity index (χ1) is 6.93. The number of hydrogen-bond acceptors (Lipinski definition) is 12. The molecule has 0 rings (SSSR count). The Morgan fingerprint density at radius 2 is 0.421 bits per heavy atom. The minimum atomic E-state index is -3.37. The summed E-state index contributed by atoms with van der Waals surface area (Å²) in [5, 5.41) is 0. The summed E-state index contributed by atoms with van der Waals surface area (Å²) in [7, 11) is -13.5. The van der Waals surface area contributed by atoms with Crippen molar-refractivity contribution in [2.75, 3.05) is 0 Å². The molecule has 0 amide bonds. The van der Waals surface area contributed by atoms with Crippen molar-refractivity contribution in [3.63, 3.8) is 0 Å². The number of rotatable bonds is 0. The van der Waals surface area contributed by atoms with Crippen LogP contribution in [0.4, 0.5) is 0 Å². The van der Waals surface area contributed by atoms with E-state index in [-0.39, 0.29) is 59.1 Å². The summed E-state index contributed by atoms with van der Waals surface area (Å²) in [4.78, 5) is 67.9. The summed E-state index contributed by atoms with van der Waals surface area (Å²) in [6, 6.07) is 0. The van der Waals surface area contributed by atoms with Gasteiger partial charge in [0.15, 0.2) is 0 Å². The van der Waals surface area contributed by atoms with Gasteiger partial charge in [-0.1, -0.05) is 25.7 Å². The van der Waals surface area contributed by atoms with Gasteiger partial charge in [-0.05, 0) is 0 Å². The van der Waals surface area contributed by atoms with Crippen LogP contribution in [0.25, 0.3) is 0 Å². The molecule has 104 valence electrons. The fourth-order valence-electron chi connectivity index (χ4n) is 0. The average molecular weight is 689 g/mol. The second-order valence-corrected chi connectivity index (χ2v) is 2.68. The molecular weight excluding hydrogens is 685 g/mol. The van der Waals surface area contributed by atoms with Crippen molar-refractivity contribution in [3.8, 4) is 0 Å². The maximum Gasteiger partial charge on any atom is 4.00 e. The summed E-state index contributed by atoms with van der Waals surface area (Å²) in [5.74, 6) is 0. The van der Waals surface area contributed by atoms with Gasteiger partial charge in [-0.15, -0.1) is 0 Å². The molecule has 0 unspecified atom stereocenters. The molecule has 0 saturated heterocycles. The molecule has 19 heavy (non-hydrogen) atoms. The quantitative estimate of drug-likeness (QED) is 0.170. The Bertz CT molecular complexity index is 168. The van der Waals surface area contributed by atoms with E-state index in [0.29, 0.717) is 0 Å². The summed E-state index contributed by atoms with van der Waals surface area (Å²) in [6.45, 7) is 0. The Hall–Kier alpha value is 1.82. The van der Waals surface area contributed by atoms with Gasteiger partial charge in [-0.2, -0.15) is 0 Å². The van der Waals surface area contributed by atoms with Crippen molar-refractivity contribution in [3.05, 3.63) is 0 Å². The molecule has 0 aromatic rings. The topological polar surface area (TPSA) is 253 Å². The third-order valence-electron chi connectivity index (χ3n) is 0. The third kappa shape index (κ3) is 1900. The van der Waals surface area contributed by atoms with Crippen LogP contribution in [0.3, 0.4) is 0 Å². The van der Waals surface area contributed by atoms with Crippen LogP contribution in [-0.2, 0) is 69.9 Å². The fraction of sp³-hybridized carbons (Fsp3) is 1.00. The Kier molecular flexibility index (Phi) is 82.8. The van der Waals surface area contributed by atoms with Crippen LogP contribution in [-0.4, -0.2) is 0 Å². The molecule has 0 heterocycles. The van der Waals surface area contributed by atoms with Gasteiger partial charge in [-0.3, -0.25) is 0 Å². The van der Waals surface area contributed by atoms with Crippen LogP contribution in [0.2, 0.25) is 0 Å². The zero-order valence-corrected chi connectivity index (χ0v) is 18.5. The Balaban J connectivity index is -0.0000000192. The molecule has 0 aliphatic heterocycles. The van der Waals surface area contributed by atoms with Gasteiger partial charge in [0, 0.05) is 0 Å². The van der Waals surface area contributed by atoms with E-state index in [2.05, 4.69) is 0 Å². The Morgan fingerprint density at radius 3 is 0.421 bits per heavy atom. The molecule has 0 aromatic heterocycles. The normalized spacial score (nSPS) is 5.47. The summed E-state index contributed by atoms with van der Waals surface area (Å²) in [6.07, 6.45) is 0. The monoisotopic (exact) mass is 692 g/mol. The standard InChI is InChI=1S/CH4.2Hf.4HO3P/c;;;4*1-4(2)3/h1H4;;;4*(H,1,2,3)/q;2*+4;;;;/p-4. The molecule has 0 bridgehead atoms. The van der Waals surface area contributed by atoms with Crippen LogP contribution < -0.4 is 39.1 Å². The largest absolute Gasteiger partial charge is 4.00 e.